The Bertz CT molecular complexity index is 1010. The molecule has 0 aliphatic rings. The van der Waals surface area contributed by atoms with Gasteiger partial charge in [-0.15, -0.1) is 0 Å². The minimum Gasteiger partial charge on any atom is -0.468 e. The molecule has 136 valence electrons. The minimum absolute atomic E-state index is 0.120. The van der Waals surface area contributed by atoms with E-state index in [1.54, 1.807) is 31.4 Å². The van der Waals surface area contributed by atoms with E-state index in [0.29, 0.717) is 15.0 Å². The minimum atomic E-state index is -3.36. The second kappa shape index (κ2) is 6.72. The Labute approximate surface area is 149 Å². The van der Waals surface area contributed by atoms with Gasteiger partial charge in [0, 0.05) is 11.7 Å². The summed E-state index contributed by atoms with van der Waals surface area (Å²) in [6.45, 7) is 5.13. The van der Waals surface area contributed by atoms with Crippen LogP contribution in [0, 0.1) is 5.41 Å². The van der Waals surface area contributed by atoms with E-state index in [1.807, 2.05) is 0 Å². The maximum atomic E-state index is 12.3. The molecule has 1 amide bonds. The highest BCUT2D eigenvalue weighted by Crippen LogP contribution is 2.22. The Morgan fingerprint density at radius 3 is 2.44 bits per heavy atom. The molecule has 1 aromatic carbocycles. The van der Waals surface area contributed by atoms with E-state index >= 15 is 0 Å². The van der Waals surface area contributed by atoms with Gasteiger partial charge in [-0.2, -0.15) is 4.99 Å². The Hall–Kier alpha value is -2.00. The first-order chi connectivity index (χ1) is 11.4. The highest BCUT2D eigenvalue weighted by atomic mass is 32.2. The number of rotatable bonds is 3. The summed E-state index contributed by atoms with van der Waals surface area (Å²) < 4.78 is 30.4. The van der Waals surface area contributed by atoms with Crippen LogP contribution in [0.5, 0.6) is 0 Å². The number of thiazole rings is 1. The number of aromatic nitrogens is 1. The van der Waals surface area contributed by atoms with Crippen LogP contribution in [0.4, 0.5) is 0 Å². The monoisotopic (exact) mass is 384 g/mol. The van der Waals surface area contributed by atoms with Crippen LogP contribution in [0.2, 0.25) is 0 Å². The van der Waals surface area contributed by atoms with Gasteiger partial charge in [-0.1, -0.05) is 32.1 Å². The van der Waals surface area contributed by atoms with Gasteiger partial charge >= 0.3 is 5.97 Å². The number of esters is 1. The van der Waals surface area contributed by atoms with Gasteiger partial charge in [0.25, 0.3) is 5.91 Å². The van der Waals surface area contributed by atoms with Gasteiger partial charge in [-0.3, -0.25) is 9.59 Å². The first-order valence-corrected chi connectivity index (χ1v) is 10.1. The average molecular weight is 384 g/mol. The molecule has 2 rings (SSSR count). The first-order valence-electron chi connectivity index (χ1n) is 7.43. The van der Waals surface area contributed by atoms with Crippen molar-refractivity contribution in [3.63, 3.8) is 0 Å². The normalized spacial score (nSPS) is 13.2. The summed E-state index contributed by atoms with van der Waals surface area (Å²) in [6, 6.07) is 4.59. The van der Waals surface area contributed by atoms with Crippen LogP contribution in [0.25, 0.3) is 10.2 Å². The van der Waals surface area contributed by atoms with Gasteiger partial charge in [0.1, 0.15) is 6.54 Å². The summed E-state index contributed by atoms with van der Waals surface area (Å²) in [5.41, 5.74) is -0.0553. The number of sulfone groups is 1. The molecule has 0 bridgehead atoms. The average Bonchev–Trinajstić information content (AvgIpc) is 2.82. The largest absolute Gasteiger partial charge is 0.468 e. The number of carbonyl (C=O) groups excluding carboxylic acids is 2. The number of carbonyl (C=O) groups is 2. The Morgan fingerprint density at radius 2 is 1.92 bits per heavy atom. The van der Waals surface area contributed by atoms with Crippen LogP contribution in [-0.2, 0) is 30.7 Å². The van der Waals surface area contributed by atoms with Crippen molar-refractivity contribution in [3.8, 4) is 0 Å². The van der Waals surface area contributed by atoms with E-state index in [4.69, 9.17) is 4.74 Å². The van der Waals surface area contributed by atoms with Crippen molar-refractivity contribution in [2.24, 2.45) is 10.4 Å². The second-order valence-corrected chi connectivity index (χ2v) is 9.64. The number of fused-ring (bicyclic) bond motifs is 1. The van der Waals surface area contributed by atoms with Crippen LogP contribution >= 0.6 is 11.3 Å². The van der Waals surface area contributed by atoms with Crippen molar-refractivity contribution >= 4 is 43.3 Å². The summed E-state index contributed by atoms with van der Waals surface area (Å²) in [5.74, 6) is -0.822. The molecule has 0 radical (unpaired) electrons. The quantitative estimate of drug-likeness (QED) is 0.752. The second-order valence-electron chi connectivity index (χ2n) is 6.62. The molecule has 7 nitrogen and oxygen atoms in total. The zero-order chi connectivity index (χ0) is 19.0. The third-order valence-corrected chi connectivity index (χ3v) is 5.59. The highest BCUT2D eigenvalue weighted by Gasteiger charge is 2.22. The van der Waals surface area contributed by atoms with E-state index in [-0.39, 0.29) is 17.3 Å². The molecule has 0 atom stereocenters. The molecule has 1 aromatic heterocycles. The Balaban J connectivity index is 2.74. The molecular formula is C16H20N2O5S2. The predicted molar refractivity (Wildman–Crippen MR) is 95.0 cm³/mol. The molecule has 25 heavy (non-hydrogen) atoms. The Kier molecular flexibility index (Phi) is 5.19. The first kappa shape index (κ1) is 19.3. The molecule has 0 aliphatic heterocycles. The zero-order valence-electron chi connectivity index (χ0n) is 14.7. The smallest absolute Gasteiger partial charge is 0.325 e. The molecule has 0 saturated heterocycles. The van der Waals surface area contributed by atoms with Gasteiger partial charge in [-0.25, -0.2) is 8.42 Å². The number of hydrogen-bond acceptors (Lipinski definition) is 6. The van der Waals surface area contributed by atoms with Gasteiger partial charge < -0.3 is 9.30 Å². The van der Waals surface area contributed by atoms with E-state index in [2.05, 4.69) is 4.99 Å². The number of hydrogen-bond donors (Lipinski definition) is 0. The van der Waals surface area contributed by atoms with E-state index < -0.39 is 21.2 Å². The van der Waals surface area contributed by atoms with Crippen LogP contribution in [0.15, 0.2) is 28.1 Å². The van der Waals surface area contributed by atoms with Crippen molar-refractivity contribution in [1.82, 2.24) is 4.57 Å². The maximum absolute atomic E-state index is 12.3. The molecule has 2 aromatic rings. The van der Waals surface area contributed by atoms with Crippen molar-refractivity contribution < 1.29 is 22.7 Å². The van der Waals surface area contributed by atoms with Gasteiger partial charge in [0.05, 0.1) is 22.2 Å². The molecule has 1 heterocycles. The van der Waals surface area contributed by atoms with Crippen LogP contribution < -0.4 is 4.80 Å². The molecule has 0 aliphatic carbocycles. The molecule has 0 spiro atoms. The molecule has 0 fully saturated rings. The number of ether oxygens (including phenoxy) is 1. The molecule has 0 N–H and O–H groups in total. The van der Waals surface area contributed by atoms with Crippen LogP contribution in [0.1, 0.15) is 20.8 Å². The van der Waals surface area contributed by atoms with Gasteiger partial charge in [0.2, 0.25) is 0 Å². The summed E-state index contributed by atoms with van der Waals surface area (Å²) in [5, 5.41) is 0. The Morgan fingerprint density at radius 1 is 1.28 bits per heavy atom. The lowest BCUT2D eigenvalue weighted by Gasteiger charge is -2.11. The van der Waals surface area contributed by atoms with Crippen molar-refractivity contribution in [3.05, 3.63) is 23.0 Å². The number of benzene rings is 1. The third kappa shape index (κ3) is 4.35. The molecule has 0 unspecified atom stereocenters. The number of nitrogens with zero attached hydrogens (tertiary/aromatic N) is 2. The molecule has 9 heteroatoms. The fraction of sp³-hybridized carbons (Fsp3) is 0.438. The summed E-state index contributed by atoms with van der Waals surface area (Å²) in [6.07, 6.45) is 1.12. The predicted octanol–water partition coefficient (Wildman–Crippen LogP) is 1.75. The fourth-order valence-electron chi connectivity index (χ4n) is 1.97. The summed E-state index contributed by atoms with van der Waals surface area (Å²) in [7, 11) is -2.09. The number of amides is 1. The van der Waals surface area contributed by atoms with Crippen LogP contribution in [0.3, 0.4) is 0 Å². The lowest BCUT2D eigenvalue weighted by Crippen LogP contribution is -2.26. The van der Waals surface area contributed by atoms with Crippen molar-refractivity contribution in [2.75, 3.05) is 13.4 Å². The van der Waals surface area contributed by atoms with Crippen molar-refractivity contribution in [1.29, 1.82) is 0 Å². The topological polar surface area (TPSA) is 94.8 Å². The third-order valence-electron chi connectivity index (χ3n) is 3.44. The van der Waals surface area contributed by atoms with E-state index in [1.165, 1.54) is 19.2 Å². The van der Waals surface area contributed by atoms with Gasteiger partial charge in [0.15, 0.2) is 14.6 Å². The lowest BCUT2D eigenvalue weighted by molar-refractivity contribution is -0.141. The van der Waals surface area contributed by atoms with Crippen LogP contribution in [-0.4, -0.2) is 38.2 Å². The van der Waals surface area contributed by atoms with Crippen molar-refractivity contribution in [2.45, 2.75) is 32.2 Å². The summed E-state index contributed by atoms with van der Waals surface area (Å²) in [4.78, 5) is 28.6. The molecular weight excluding hydrogens is 364 g/mol. The standard InChI is InChI=1S/C16H20N2O5S2/c1-16(2,3)14(20)17-15-18(9-13(19)23-4)11-7-6-10(25(5,21)22)8-12(11)24-15/h6-8H,9H2,1-5H3. The van der Waals surface area contributed by atoms with E-state index in [0.717, 1.165) is 17.6 Å². The maximum Gasteiger partial charge on any atom is 0.325 e. The number of methoxy groups -OCH3 is 1. The highest BCUT2D eigenvalue weighted by molar-refractivity contribution is 7.90. The van der Waals surface area contributed by atoms with E-state index in [9.17, 15) is 18.0 Å². The van der Waals surface area contributed by atoms with Gasteiger partial charge in [-0.05, 0) is 18.2 Å². The SMILES string of the molecule is COC(=O)Cn1c(=NC(=O)C(C)(C)C)sc2cc(S(C)(=O)=O)ccc21. The fourth-order valence-corrected chi connectivity index (χ4v) is 3.76. The summed E-state index contributed by atoms with van der Waals surface area (Å²) >= 11 is 1.15. The molecule has 0 saturated carbocycles. The lowest BCUT2D eigenvalue weighted by atomic mass is 9.96. The zero-order valence-corrected chi connectivity index (χ0v) is 16.3.